The zero-order valence-corrected chi connectivity index (χ0v) is 11.5. The van der Waals surface area contributed by atoms with Crippen molar-refractivity contribution in [1.29, 1.82) is 0 Å². The van der Waals surface area contributed by atoms with Crippen molar-refractivity contribution in [2.24, 2.45) is 0 Å². The molecule has 0 aliphatic carbocycles. The van der Waals surface area contributed by atoms with E-state index in [0.717, 1.165) is 9.35 Å². The molecule has 0 saturated carbocycles. The average Bonchev–Trinajstić information content (AvgIpc) is 2.94. The summed E-state index contributed by atoms with van der Waals surface area (Å²) in [4.78, 5) is 30.2. The lowest BCUT2D eigenvalue weighted by molar-refractivity contribution is -0.114. The lowest BCUT2D eigenvalue weighted by atomic mass is 10.1. The van der Waals surface area contributed by atoms with E-state index in [1.54, 1.807) is 23.8 Å². The van der Waals surface area contributed by atoms with Gasteiger partial charge in [0.25, 0.3) is 11.7 Å². The third-order valence-corrected chi connectivity index (χ3v) is 3.99. The topological polar surface area (TPSA) is 50.3 Å². The quantitative estimate of drug-likeness (QED) is 0.799. The molecule has 0 N–H and O–H groups in total. The molecule has 2 aromatic rings. The molecule has 18 heavy (non-hydrogen) atoms. The summed E-state index contributed by atoms with van der Waals surface area (Å²) >= 11 is 4.77. The van der Waals surface area contributed by atoms with Gasteiger partial charge in [-0.3, -0.25) is 19.5 Å². The van der Waals surface area contributed by atoms with Crippen LogP contribution in [-0.2, 0) is 11.3 Å². The van der Waals surface area contributed by atoms with E-state index in [1.165, 1.54) is 16.2 Å². The number of carbonyl (C=O) groups is 2. The van der Waals surface area contributed by atoms with Crippen LogP contribution in [0.4, 0.5) is 5.69 Å². The van der Waals surface area contributed by atoms with Gasteiger partial charge in [-0.15, -0.1) is 11.3 Å². The second kappa shape index (κ2) is 4.29. The summed E-state index contributed by atoms with van der Waals surface area (Å²) in [7, 11) is 0. The second-order valence-electron chi connectivity index (χ2n) is 3.85. The molecule has 1 aliphatic heterocycles. The molecule has 0 saturated heterocycles. The number of carbonyl (C=O) groups excluding carboxylic acids is 2. The Balaban J connectivity index is 2.02. The van der Waals surface area contributed by atoms with E-state index < -0.39 is 11.7 Å². The molecule has 1 aromatic carbocycles. The molecule has 0 bridgehead atoms. The van der Waals surface area contributed by atoms with Crippen LogP contribution < -0.4 is 4.90 Å². The number of hydrogen-bond donors (Lipinski definition) is 0. The molecule has 0 radical (unpaired) electrons. The van der Waals surface area contributed by atoms with Crippen molar-refractivity contribution < 1.29 is 9.59 Å². The Labute approximate surface area is 115 Å². The predicted molar refractivity (Wildman–Crippen MR) is 71.8 cm³/mol. The molecular weight excluding hydrogens is 316 g/mol. The number of anilines is 1. The Morgan fingerprint density at radius 3 is 2.89 bits per heavy atom. The minimum atomic E-state index is -0.475. The van der Waals surface area contributed by atoms with Crippen LogP contribution in [0.15, 0.2) is 34.4 Å². The first-order chi connectivity index (χ1) is 8.66. The van der Waals surface area contributed by atoms with E-state index in [1.807, 2.05) is 6.07 Å². The molecular formula is C12H7BrN2O2S. The lowest BCUT2D eigenvalue weighted by Crippen LogP contribution is -2.28. The van der Waals surface area contributed by atoms with Gasteiger partial charge in [0, 0.05) is 15.5 Å². The van der Waals surface area contributed by atoms with Gasteiger partial charge in [0.05, 0.1) is 23.3 Å². The molecule has 2 heterocycles. The summed E-state index contributed by atoms with van der Waals surface area (Å²) in [6.07, 6.45) is 1.71. The standard InChI is InChI=1S/C12H7BrN2O2S/c13-7-1-2-10-9(3-7)11(16)12(17)15(10)5-8-4-14-6-18-8/h1-4,6H,5H2. The van der Waals surface area contributed by atoms with Crippen molar-refractivity contribution in [3.05, 3.63) is 44.8 Å². The number of benzene rings is 1. The smallest absolute Gasteiger partial charge is 0.299 e. The van der Waals surface area contributed by atoms with E-state index >= 15 is 0 Å². The van der Waals surface area contributed by atoms with Crippen molar-refractivity contribution in [3.8, 4) is 0 Å². The van der Waals surface area contributed by atoms with Crippen molar-refractivity contribution in [1.82, 2.24) is 4.98 Å². The number of ketones is 1. The molecule has 0 fully saturated rings. The van der Waals surface area contributed by atoms with Crippen LogP contribution in [0.5, 0.6) is 0 Å². The van der Waals surface area contributed by atoms with Crippen molar-refractivity contribution in [2.45, 2.75) is 6.54 Å². The molecule has 6 heteroatoms. The molecule has 0 spiro atoms. The van der Waals surface area contributed by atoms with Crippen LogP contribution in [0.3, 0.4) is 0 Å². The minimum Gasteiger partial charge on any atom is -0.299 e. The van der Waals surface area contributed by atoms with E-state index in [4.69, 9.17) is 0 Å². The van der Waals surface area contributed by atoms with Gasteiger partial charge in [0.2, 0.25) is 0 Å². The maximum atomic E-state index is 11.9. The summed E-state index contributed by atoms with van der Waals surface area (Å²) < 4.78 is 0.794. The molecule has 1 aliphatic rings. The molecule has 0 atom stereocenters. The van der Waals surface area contributed by atoms with E-state index in [-0.39, 0.29) is 0 Å². The van der Waals surface area contributed by atoms with Gasteiger partial charge in [0.15, 0.2) is 0 Å². The first kappa shape index (κ1) is 11.6. The number of thiazole rings is 1. The summed E-state index contributed by atoms with van der Waals surface area (Å²) in [6, 6.07) is 5.29. The van der Waals surface area contributed by atoms with Crippen LogP contribution in [-0.4, -0.2) is 16.7 Å². The van der Waals surface area contributed by atoms with Crippen LogP contribution in [0.25, 0.3) is 0 Å². The highest BCUT2D eigenvalue weighted by molar-refractivity contribution is 9.10. The number of Topliss-reactive ketones (excluding diaryl/α,β-unsaturated/α-hetero) is 1. The Morgan fingerprint density at radius 2 is 2.17 bits per heavy atom. The normalized spacial score (nSPS) is 14.2. The maximum absolute atomic E-state index is 11.9. The summed E-state index contributed by atoms with van der Waals surface area (Å²) in [5.41, 5.74) is 2.83. The van der Waals surface area contributed by atoms with Gasteiger partial charge in [-0.2, -0.15) is 0 Å². The van der Waals surface area contributed by atoms with E-state index in [0.29, 0.717) is 17.8 Å². The van der Waals surface area contributed by atoms with E-state index in [9.17, 15) is 9.59 Å². The predicted octanol–water partition coefficient (Wildman–Crippen LogP) is 2.64. The Hall–Kier alpha value is -1.53. The van der Waals surface area contributed by atoms with Crippen LogP contribution >= 0.6 is 27.3 Å². The largest absolute Gasteiger partial charge is 0.299 e. The highest BCUT2D eigenvalue weighted by Crippen LogP contribution is 2.32. The number of fused-ring (bicyclic) bond motifs is 1. The summed E-state index contributed by atoms with van der Waals surface area (Å²) in [5.74, 6) is -0.924. The average molecular weight is 323 g/mol. The first-order valence-electron chi connectivity index (χ1n) is 5.20. The Kier molecular flexibility index (Phi) is 2.76. The fraction of sp³-hybridized carbons (Fsp3) is 0.0833. The SMILES string of the molecule is O=C1C(=O)N(Cc2cncs2)c2ccc(Br)cc21. The van der Waals surface area contributed by atoms with Crippen LogP contribution in [0.2, 0.25) is 0 Å². The third-order valence-electron chi connectivity index (χ3n) is 2.73. The number of rotatable bonds is 2. The number of amides is 1. The van der Waals surface area contributed by atoms with Gasteiger partial charge in [-0.1, -0.05) is 15.9 Å². The molecule has 4 nitrogen and oxygen atoms in total. The lowest BCUT2D eigenvalue weighted by Gasteiger charge is -2.14. The molecule has 0 unspecified atom stereocenters. The van der Waals surface area contributed by atoms with E-state index in [2.05, 4.69) is 20.9 Å². The zero-order valence-electron chi connectivity index (χ0n) is 9.09. The third kappa shape index (κ3) is 1.77. The number of nitrogens with zero attached hydrogens (tertiary/aromatic N) is 2. The van der Waals surface area contributed by atoms with Crippen molar-refractivity contribution >= 4 is 44.6 Å². The maximum Gasteiger partial charge on any atom is 0.299 e. The zero-order chi connectivity index (χ0) is 12.7. The molecule has 90 valence electrons. The summed E-state index contributed by atoms with van der Waals surface area (Å²) in [6.45, 7) is 0.393. The fourth-order valence-electron chi connectivity index (χ4n) is 1.91. The number of hydrogen-bond acceptors (Lipinski definition) is 4. The second-order valence-corrected chi connectivity index (χ2v) is 5.74. The number of halogens is 1. The monoisotopic (exact) mass is 322 g/mol. The van der Waals surface area contributed by atoms with Gasteiger partial charge in [0.1, 0.15) is 0 Å². The minimum absolute atomic E-state index is 0.393. The highest BCUT2D eigenvalue weighted by atomic mass is 79.9. The molecule has 1 aromatic heterocycles. The van der Waals surface area contributed by atoms with Gasteiger partial charge < -0.3 is 0 Å². The van der Waals surface area contributed by atoms with Gasteiger partial charge in [-0.05, 0) is 18.2 Å². The highest BCUT2D eigenvalue weighted by Gasteiger charge is 2.35. The number of aromatic nitrogens is 1. The molecule has 1 amide bonds. The van der Waals surface area contributed by atoms with Crippen LogP contribution in [0.1, 0.15) is 15.2 Å². The van der Waals surface area contributed by atoms with Gasteiger partial charge in [-0.25, -0.2) is 0 Å². The van der Waals surface area contributed by atoms with Crippen molar-refractivity contribution in [3.63, 3.8) is 0 Å². The fourth-order valence-corrected chi connectivity index (χ4v) is 2.85. The molecule has 3 rings (SSSR count). The first-order valence-corrected chi connectivity index (χ1v) is 6.87. The Bertz CT molecular complexity index is 640. The Morgan fingerprint density at radius 1 is 1.33 bits per heavy atom. The summed E-state index contributed by atoms with van der Waals surface area (Å²) in [5, 5.41) is 0. The van der Waals surface area contributed by atoms with Gasteiger partial charge >= 0.3 is 0 Å². The van der Waals surface area contributed by atoms with Crippen LogP contribution in [0, 0.1) is 0 Å². The van der Waals surface area contributed by atoms with Crippen molar-refractivity contribution in [2.75, 3.05) is 4.90 Å².